The lowest BCUT2D eigenvalue weighted by atomic mass is 9.85. The molecular weight excluding hydrogens is 549 g/mol. The molecule has 10 nitrogen and oxygen atoms in total. The van der Waals surface area contributed by atoms with Gasteiger partial charge < -0.3 is 20.1 Å². The quantitative estimate of drug-likeness (QED) is 0.0966. The van der Waals surface area contributed by atoms with Gasteiger partial charge in [0.1, 0.15) is 23.2 Å². The zero-order valence-electron chi connectivity index (χ0n) is 23.7. The number of nitrogens with zero attached hydrogens (tertiary/aromatic N) is 4. The molecule has 43 heavy (non-hydrogen) atoms. The Hall–Kier alpha value is -4.93. The molecule has 0 spiro atoms. The van der Waals surface area contributed by atoms with Crippen molar-refractivity contribution in [3.63, 3.8) is 0 Å². The van der Waals surface area contributed by atoms with Gasteiger partial charge in [-0.05, 0) is 74.1 Å². The molecule has 2 aliphatic rings. The predicted octanol–water partition coefficient (Wildman–Crippen LogP) is 6.34. The molecule has 0 radical (unpaired) electrons. The summed E-state index contributed by atoms with van der Waals surface area (Å²) in [4.78, 5) is 31.8. The molecule has 1 aliphatic heterocycles. The number of hydrogen-bond donors (Lipinski definition) is 3. The van der Waals surface area contributed by atoms with Crippen LogP contribution in [0.25, 0.3) is 22.3 Å². The van der Waals surface area contributed by atoms with Crippen molar-refractivity contribution in [1.29, 1.82) is 5.53 Å². The number of alkyl halides is 1. The van der Waals surface area contributed by atoms with Gasteiger partial charge in [-0.15, -0.1) is 5.11 Å². The van der Waals surface area contributed by atoms with Crippen molar-refractivity contribution < 1.29 is 18.4 Å². The van der Waals surface area contributed by atoms with Crippen molar-refractivity contribution in [3.8, 4) is 11.3 Å². The molecule has 6 rings (SSSR count). The van der Waals surface area contributed by atoms with Crippen LogP contribution in [0.4, 0.5) is 10.1 Å². The maximum absolute atomic E-state index is 13.5. The standard InChI is InChI=1S/C32H32FN7O3/c1-19(37-34)38-39-30(20-5-3-2-4-6-20)21-10-13-40(14-11-21)32(42)27-16-22(9-12-35-27)29-17-23-15-24(7-8-28(23)43-29)36-31(41)25-18-26(25)33/h2-9,12,15-17,21,25-26,30,34,39H,10-11,13-14,18H2,1H3,(H,36,41)/b37-34?,38-19-/t25-,26+,30?/m1/s1. The molecule has 2 aromatic carbocycles. The normalized spacial score (nSPS) is 19.6. The number of likely N-dealkylation sites (tertiary alicyclic amines) is 1. The van der Waals surface area contributed by atoms with Crippen LogP contribution >= 0.6 is 0 Å². The predicted molar refractivity (Wildman–Crippen MR) is 160 cm³/mol. The third-order valence-electron chi connectivity index (χ3n) is 8.08. The van der Waals surface area contributed by atoms with Gasteiger partial charge in [0.25, 0.3) is 5.91 Å². The first-order valence-electron chi connectivity index (χ1n) is 14.4. The van der Waals surface area contributed by atoms with E-state index in [1.807, 2.05) is 29.2 Å². The molecule has 2 fully saturated rings. The third-order valence-corrected chi connectivity index (χ3v) is 8.08. The molecular formula is C32H32FN7O3. The zero-order valence-corrected chi connectivity index (χ0v) is 23.7. The van der Waals surface area contributed by atoms with Crippen molar-refractivity contribution in [1.82, 2.24) is 15.3 Å². The first-order chi connectivity index (χ1) is 20.9. The molecule has 1 aliphatic carbocycles. The summed E-state index contributed by atoms with van der Waals surface area (Å²) in [5.74, 6) is 0.143. The summed E-state index contributed by atoms with van der Waals surface area (Å²) in [5.41, 5.74) is 13.7. The number of halogens is 1. The van der Waals surface area contributed by atoms with Gasteiger partial charge in [-0.1, -0.05) is 30.3 Å². The summed E-state index contributed by atoms with van der Waals surface area (Å²) in [7, 11) is 0. The van der Waals surface area contributed by atoms with Gasteiger partial charge in [0, 0.05) is 35.9 Å². The van der Waals surface area contributed by atoms with Crippen LogP contribution in [0.2, 0.25) is 0 Å². The van der Waals surface area contributed by atoms with Crippen LogP contribution < -0.4 is 10.7 Å². The fraction of sp³-hybridized carbons (Fsp3) is 0.312. The lowest BCUT2D eigenvalue weighted by Crippen LogP contribution is -2.41. The molecule has 2 amide bonds. The summed E-state index contributed by atoms with van der Waals surface area (Å²) in [5, 5.41) is 11.2. The number of amides is 2. The number of carbonyl (C=O) groups is 2. The molecule has 3 heterocycles. The third kappa shape index (κ3) is 6.30. The topological polar surface area (TPSA) is 136 Å². The monoisotopic (exact) mass is 581 g/mol. The summed E-state index contributed by atoms with van der Waals surface area (Å²) in [6, 6.07) is 20.6. The molecule has 0 bridgehead atoms. The van der Waals surface area contributed by atoms with E-state index in [1.165, 1.54) is 0 Å². The average molecular weight is 582 g/mol. The van der Waals surface area contributed by atoms with E-state index >= 15 is 0 Å². The number of aromatic nitrogens is 1. The van der Waals surface area contributed by atoms with Crippen molar-refractivity contribution in [2.24, 2.45) is 22.1 Å². The van der Waals surface area contributed by atoms with Crippen LogP contribution in [-0.4, -0.2) is 46.8 Å². The van der Waals surface area contributed by atoms with E-state index in [9.17, 15) is 14.0 Å². The Morgan fingerprint density at radius 1 is 1.09 bits per heavy atom. The number of piperidine rings is 1. The van der Waals surface area contributed by atoms with Crippen molar-refractivity contribution in [2.45, 2.75) is 38.4 Å². The largest absolute Gasteiger partial charge is 0.456 e. The van der Waals surface area contributed by atoms with Crippen LogP contribution in [0.5, 0.6) is 0 Å². The highest BCUT2D eigenvalue weighted by Gasteiger charge is 2.43. The van der Waals surface area contributed by atoms with Crippen LogP contribution in [0.15, 0.2) is 87.6 Å². The number of pyridine rings is 1. The molecule has 1 saturated heterocycles. The van der Waals surface area contributed by atoms with Gasteiger partial charge in [0.15, 0.2) is 5.84 Å². The number of anilines is 1. The second-order valence-corrected chi connectivity index (χ2v) is 11.1. The van der Waals surface area contributed by atoms with Crippen molar-refractivity contribution in [3.05, 3.63) is 84.2 Å². The van der Waals surface area contributed by atoms with E-state index in [2.05, 4.69) is 38.1 Å². The fourth-order valence-corrected chi connectivity index (χ4v) is 5.53. The Kier molecular flexibility index (Phi) is 7.95. The number of carbonyl (C=O) groups excluding carboxylic acids is 2. The maximum Gasteiger partial charge on any atom is 0.272 e. The Bertz CT molecular complexity index is 1680. The number of amidine groups is 1. The Labute approximate surface area is 247 Å². The molecule has 4 aromatic rings. The highest BCUT2D eigenvalue weighted by molar-refractivity contribution is 5.97. The second kappa shape index (κ2) is 12.1. The van der Waals surface area contributed by atoms with Crippen LogP contribution in [0, 0.1) is 17.4 Å². The van der Waals surface area contributed by atoms with Crippen LogP contribution in [0.1, 0.15) is 48.3 Å². The molecule has 220 valence electrons. The van der Waals surface area contributed by atoms with E-state index in [4.69, 9.17) is 9.95 Å². The van der Waals surface area contributed by atoms with Crippen LogP contribution in [0.3, 0.4) is 0 Å². The summed E-state index contributed by atoms with van der Waals surface area (Å²) in [6.07, 6.45) is 2.38. The van der Waals surface area contributed by atoms with Gasteiger partial charge in [0.05, 0.1) is 12.0 Å². The Balaban J connectivity index is 1.13. The van der Waals surface area contributed by atoms with Gasteiger partial charge in [-0.2, -0.15) is 5.10 Å². The summed E-state index contributed by atoms with van der Waals surface area (Å²) in [6.45, 7) is 2.83. The minimum absolute atomic E-state index is 0.0622. The first kappa shape index (κ1) is 28.2. The SMILES string of the molecule is C/C(N=N)=N/NC(c1ccccc1)C1CCN(C(=O)c2cc(-c3cc4cc(NC(=O)[C@@H]5C[C@@H]5F)ccc4o3)ccn2)CC1. The minimum Gasteiger partial charge on any atom is -0.456 e. The molecule has 3 atom stereocenters. The van der Waals surface area contributed by atoms with Crippen LogP contribution in [-0.2, 0) is 4.79 Å². The van der Waals surface area contributed by atoms with E-state index in [0.717, 1.165) is 29.4 Å². The molecule has 1 saturated carbocycles. The molecule has 1 unspecified atom stereocenters. The Morgan fingerprint density at radius 2 is 1.86 bits per heavy atom. The average Bonchev–Trinajstić information content (AvgIpc) is 3.63. The van der Waals surface area contributed by atoms with E-state index in [1.54, 1.807) is 43.5 Å². The molecule has 2 aromatic heterocycles. The second-order valence-electron chi connectivity index (χ2n) is 11.1. The first-order valence-corrected chi connectivity index (χ1v) is 14.4. The number of benzene rings is 2. The zero-order chi connectivity index (χ0) is 29.9. The van der Waals surface area contributed by atoms with Gasteiger partial charge >= 0.3 is 0 Å². The number of fused-ring (bicyclic) bond motifs is 1. The number of nitrogens with one attached hydrogen (secondary N) is 3. The fourth-order valence-electron chi connectivity index (χ4n) is 5.53. The highest BCUT2D eigenvalue weighted by Crippen LogP contribution is 2.36. The summed E-state index contributed by atoms with van der Waals surface area (Å²) < 4.78 is 19.3. The highest BCUT2D eigenvalue weighted by atomic mass is 19.1. The molecule has 3 N–H and O–H groups in total. The van der Waals surface area contributed by atoms with Gasteiger partial charge in [0.2, 0.25) is 5.91 Å². The lowest BCUT2D eigenvalue weighted by molar-refractivity contribution is -0.117. The molecule has 11 heteroatoms. The van der Waals surface area contributed by atoms with Gasteiger partial charge in [-0.3, -0.25) is 14.6 Å². The number of rotatable bonds is 8. The minimum atomic E-state index is -1.05. The lowest BCUT2D eigenvalue weighted by Gasteiger charge is -2.36. The maximum atomic E-state index is 13.5. The van der Waals surface area contributed by atoms with E-state index in [-0.39, 0.29) is 30.2 Å². The van der Waals surface area contributed by atoms with E-state index < -0.39 is 12.1 Å². The smallest absolute Gasteiger partial charge is 0.272 e. The van der Waals surface area contributed by atoms with Crippen molar-refractivity contribution in [2.75, 3.05) is 18.4 Å². The van der Waals surface area contributed by atoms with E-state index in [0.29, 0.717) is 41.6 Å². The van der Waals surface area contributed by atoms with Crippen molar-refractivity contribution >= 4 is 34.3 Å². The Morgan fingerprint density at radius 3 is 2.58 bits per heavy atom. The number of hydrazone groups is 1. The number of hydrogen-bond acceptors (Lipinski definition) is 7. The summed E-state index contributed by atoms with van der Waals surface area (Å²) >= 11 is 0. The number of furan rings is 1. The van der Waals surface area contributed by atoms with Gasteiger partial charge in [-0.25, -0.2) is 9.92 Å².